The number of nitrogens with zero attached hydrogens (tertiary/aromatic N) is 1. The van der Waals surface area contributed by atoms with Crippen molar-refractivity contribution in [3.8, 4) is 0 Å². The molecule has 0 N–H and O–H groups in total. The molecule has 0 aromatic rings. The molecular formula is C11H19NOS. The van der Waals surface area contributed by atoms with E-state index in [1.54, 1.807) is 11.8 Å². The van der Waals surface area contributed by atoms with Gasteiger partial charge in [-0.05, 0) is 6.92 Å². The number of rotatable bonds is 0. The van der Waals surface area contributed by atoms with Crippen LogP contribution in [0.3, 0.4) is 0 Å². The first-order chi connectivity index (χ1) is 6.36. The van der Waals surface area contributed by atoms with Crippen molar-refractivity contribution in [1.82, 2.24) is 4.90 Å². The highest BCUT2D eigenvalue weighted by atomic mass is 32.2. The van der Waals surface area contributed by atoms with Gasteiger partial charge in [-0.2, -0.15) is 0 Å². The molecule has 1 aliphatic rings. The normalized spacial score (nSPS) is 25.9. The largest absolute Gasteiger partial charge is 0.305 e. The molecule has 2 nitrogen and oxygen atoms in total. The molecule has 1 unspecified atom stereocenters. The fraction of sp³-hybridized carbons (Fsp3) is 0.727. The lowest BCUT2D eigenvalue weighted by atomic mass is 9.95. The van der Waals surface area contributed by atoms with Gasteiger partial charge in [0.25, 0.3) is 0 Å². The van der Waals surface area contributed by atoms with Gasteiger partial charge >= 0.3 is 0 Å². The minimum absolute atomic E-state index is 0.224. The predicted octanol–water partition coefficient (Wildman–Crippen LogP) is 2.86. The number of hydrogen-bond acceptors (Lipinski definition) is 2. The first kappa shape index (κ1) is 11.6. The number of thioether (sulfide) groups is 1. The molecule has 0 spiro atoms. The molecule has 0 aliphatic carbocycles. The minimum atomic E-state index is -0.279. The van der Waals surface area contributed by atoms with E-state index < -0.39 is 0 Å². The molecule has 3 heteroatoms. The summed E-state index contributed by atoms with van der Waals surface area (Å²) < 4.78 is 0. The van der Waals surface area contributed by atoms with Gasteiger partial charge in [0, 0.05) is 17.2 Å². The molecule has 14 heavy (non-hydrogen) atoms. The second kappa shape index (κ2) is 3.97. The highest BCUT2D eigenvalue weighted by molar-refractivity contribution is 8.03. The van der Waals surface area contributed by atoms with Crippen LogP contribution in [0.1, 0.15) is 34.6 Å². The third-order valence-electron chi connectivity index (χ3n) is 2.16. The molecule has 0 aromatic carbocycles. The van der Waals surface area contributed by atoms with Crippen molar-refractivity contribution in [1.29, 1.82) is 0 Å². The average Bonchev–Trinajstić information content (AvgIpc) is 2.43. The van der Waals surface area contributed by atoms with E-state index in [-0.39, 0.29) is 11.3 Å². The first-order valence-corrected chi connectivity index (χ1v) is 5.89. The zero-order valence-electron chi connectivity index (χ0n) is 9.63. The lowest BCUT2D eigenvalue weighted by molar-refractivity contribution is -0.136. The van der Waals surface area contributed by atoms with Crippen LogP contribution in [0.15, 0.2) is 11.1 Å². The van der Waals surface area contributed by atoms with E-state index in [1.165, 1.54) is 0 Å². The number of carbonyl (C=O) groups excluding carboxylic acids is 1. The van der Waals surface area contributed by atoms with Crippen LogP contribution in [0.2, 0.25) is 0 Å². The molecule has 0 aromatic heterocycles. The maximum atomic E-state index is 12.1. The highest BCUT2D eigenvalue weighted by Gasteiger charge is 2.34. The highest BCUT2D eigenvalue weighted by Crippen LogP contribution is 2.36. The van der Waals surface area contributed by atoms with Gasteiger partial charge in [-0.25, -0.2) is 0 Å². The Hall–Kier alpha value is -0.440. The first-order valence-electron chi connectivity index (χ1n) is 5.01. The second-order valence-electron chi connectivity index (χ2n) is 4.72. The summed E-state index contributed by atoms with van der Waals surface area (Å²) in [6.45, 7) is 10.9. The van der Waals surface area contributed by atoms with Crippen molar-refractivity contribution in [2.75, 3.05) is 6.54 Å². The summed E-state index contributed by atoms with van der Waals surface area (Å²) in [5.74, 6) is 0.224. The van der Waals surface area contributed by atoms with Crippen molar-refractivity contribution >= 4 is 17.7 Å². The molecule has 1 heterocycles. The van der Waals surface area contributed by atoms with Gasteiger partial charge in [-0.15, -0.1) is 11.8 Å². The lowest BCUT2D eigenvalue weighted by Gasteiger charge is -2.25. The van der Waals surface area contributed by atoms with Crippen molar-refractivity contribution in [2.45, 2.75) is 39.9 Å². The summed E-state index contributed by atoms with van der Waals surface area (Å²) in [4.78, 5) is 14.0. The fourth-order valence-electron chi connectivity index (χ4n) is 1.47. The average molecular weight is 213 g/mol. The summed E-state index contributed by atoms with van der Waals surface area (Å²) in [7, 11) is 0. The molecule has 1 fully saturated rings. The molecule has 1 aliphatic heterocycles. The van der Waals surface area contributed by atoms with Crippen LogP contribution in [0.5, 0.6) is 0 Å². The van der Waals surface area contributed by atoms with Gasteiger partial charge in [0.2, 0.25) is 5.91 Å². The van der Waals surface area contributed by atoms with E-state index in [0.29, 0.717) is 5.25 Å². The Morgan fingerprint density at radius 2 is 2.14 bits per heavy atom. The monoisotopic (exact) mass is 213 g/mol. The van der Waals surface area contributed by atoms with E-state index in [4.69, 9.17) is 0 Å². The van der Waals surface area contributed by atoms with Gasteiger partial charge in [-0.1, -0.05) is 33.8 Å². The Labute approximate surface area is 90.7 Å². The van der Waals surface area contributed by atoms with Crippen LogP contribution in [0.4, 0.5) is 0 Å². The maximum absolute atomic E-state index is 12.1. The van der Waals surface area contributed by atoms with Gasteiger partial charge in [0.05, 0.1) is 5.03 Å². The van der Waals surface area contributed by atoms with E-state index in [2.05, 4.69) is 6.92 Å². The summed E-state index contributed by atoms with van der Waals surface area (Å²) in [6, 6.07) is 0. The third kappa shape index (κ3) is 2.32. The SMILES string of the molecule is C/C=C1\SC(C)CN1C(=O)C(C)(C)C. The van der Waals surface area contributed by atoms with Gasteiger partial charge in [-0.3, -0.25) is 4.79 Å². The van der Waals surface area contributed by atoms with Crippen LogP contribution in [-0.2, 0) is 4.79 Å². The molecule has 1 atom stereocenters. The second-order valence-corrected chi connectivity index (χ2v) is 6.18. The van der Waals surface area contributed by atoms with Gasteiger partial charge < -0.3 is 4.90 Å². The van der Waals surface area contributed by atoms with Crippen LogP contribution in [0, 0.1) is 5.41 Å². The van der Waals surface area contributed by atoms with E-state index in [0.717, 1.165) is 11.6 Å². The Morgan fingerprint density at radius 3 is 2.57 bits per heavy atom. The Kier molecular flexibility index (Phi) is 3.30. The molecule has 0 saturated carbocycles. The molecule has 1 saturated heterocycles. The maximum Gasteiger partial charge on any atom is 0.232 e. The van der Waals surface area contributed by atoms with E-state index in [9.17, 15) is 4.79 Å². The number of allylic oxidation sites excluding steroid dienone is 1. The zero-order valence-corrected chi connectivity index (χ0v) is 10.4. The summed E-state index contributed by atoms with van der Waals surface area (Å²) in [5.41, 5.74) is -0.279. The predicted molar refractivity (Wildman–Crippen MR) is 62.0 cm³/mol. The van der Waals surface area contributed by atoms with Gasteiger partial charge in [0.15, 0.2) is 0 Å². The summed E-state index contributed by atoms with van der Waals surface area (Å²) in [6.07, 6.45) is 2.03. The van der Waals surface area contributed by atoms with Crippen LogP contribution in [-0.4, -0.2) is 22.6 Å². The van der Waals surface area contributed by atoms with E-state index in [1.807, 2.05) is 38.7 Å². The molecular weight excluding hydrogens is 194 g/mol. The van der Waals surface area contributed by atoms with Crippen LogP contribution >= 0.6 is 11.8 Å². The smallest absolute Gasteiger partial charge is 0.232 e. The quantitative estimate of drug-likeness (QED) is 0.616. The molecule has 1 rings (SSSR count). The Balaban J connectivity index is 2.83. The van der Waals surface area contributed by atoms with Gasteiger partial charge in [0.1, 0.15) is 0 Å². The van der Waals surface area contributed by atoms with E-state index >= 15 is 0 Å². The van der Waals surface area contributed by atoms with Crippen molar-refractivity contribution in [2.24, 2.45) is 5.41 Å². The van der Waals surface area contributed by atoms with Crippen molar-refractivity contribution in [3.63, 3.8) is 0 Å². The summed E-state index contributed by atoms with van der Waals surface area (Å²) in [5, 5.41) is 1.63. The van der Waals surface area contributed by atoms with Crippen LogP contribution in [0.25, 0.3) is 0 Å². The Morgan fingerprint density at radius 1 is 1.57 bits per heavy atom. The number of carbonyl (C=O) groups is 1. The number of amides is 1. The molecule has 0 bridgehead atoms. The molecule has 0 radical (unpaired) electrons. The van der Waals surface area contributed by atoms with Crippen molar-refractivity contribution in [3.05, 3.63) is 11.1 Å². The topological polar surface area (TPSA) is 20.3 Å². The number of hydrogen-bond donors (Lipinski definition) is 0. The fourth-order valence-corrected chi connectivity index (χ4v) is 2.52. The van der Waals surface area contributed by atoms with Crippen LogP contribution < -0.4 is 0 Å². The summed E-state index contributed by atoms with van der Waals surface area (Å²) >= 11 is 1.78. The standard InChI is InChI=1S/C11H19NOS/c1-6-9-12(7-8(2)14-9)10(13)11(3,4)5/h6,8H,7H2,1-5H3/b9-6-. The Bertz CT molecular complexity index is 265. The molecule has 80 valence electrons. The molecule has 1 amide bonds. The lowest BCUT2D eigenvalue weighted by Crippen LogP contribution is -2.37. The minimum Gasteiger partial charge on any atom is -0.305 e. The third-order valence-corrected chi connectivity index (χ3v) is 3.41. The van der Waals surface area contributed by atoms with Crippen molar-refractivity contribution < 1.29 is 4.79 Å². The zero-order chi connectivity index (χ0) is 10.9.